The number of rotatable bonds is 8. The van der Waals surface area contributed by atoms with Gasteiger partial charge in [0.1, 0.15) is 17.2 Å². The number of ether oxygens (including phenoxy) is 2. The van der Waals surface area contributed by atoms with Crippen LogP contribution < -0.4 is 20.1 Å². The standard InChI is InChI=1S/C27H36N2O3/c1-2-16-28-18-26(30)29-27-22-12-8-9-13-24(22)32-25-17-21(14-15-23(25)27)31-19-20-10-6-4-3-5-7-11-20/h8-9,12-15,17,20,27-28H,2-7,10-11,16,18-19H2,1H3,(H,29,30). The van der Waals surface area contributed by atoms with Crippen molar-refractivity contribution in [2.24, 2.45) is 5.92 Å². The zero-order valence-corrected chi connectivity index (χ0v) is 19.2. The summed E-state index contributed by atoms with van der Waals surface area (Å²) in [7, 11) is 0. The maximum absolute atomic E-state index is 12.6. The van der Waals surface area contributed by atoms with Crippen molar-refractivity contribution in [3.8, 4) is 17.2 Å². The zero-order chi connectivity index (χ0) is 22.2. The van der Waals surface area contributed by atoms with Crippen molar-refractivity contribution in [2.45, 2.75) is 64.3 Å². The van der Waals surface area contributed by atoms with Gasteiger partial charge in [0, 0.05) is 17.2 Å². The highest BCUT2D eigenvalue weighted by Crippen LogP contribution is 2.44. The van der Waals surface area contributed by atoms with Crippen LogP contribution >= 0.6 is 0 Å². The van der Waals surface area contributed by atoms with E-state index in [1.807, 2.05) is 42.5 Å². The molecule has 172 valence electrons. The molecule has 0 bridgehead atoms. The maximum Gasteiger partial charge on any atom is 0.234 e. The van der Waals surface area contributed by atoms with E-state index in [4.69, 9.17) is 9.47 Å². The number of amides is 1. The lowest BCUT2D eigenvalue weighted by Gasteiger charge is -2.29. The smallest absolute Gasteiger partial charge is 0.234 e. The van der Waals surface area contributed by atoms with E-state index in [1.54, 1.807) is 0 Å². The van der Waals surface area contributed by atoms with Gasteiger partial charge in [0.15, 0.2) is 0 Å². The molecule has 2 aromatic carbocycles. The third-order valence-electron chi connectivity index (χ3n) is 6.47. The highest BCUT2D eigenvalue weighted by atomic mass is 16.5. The van der Waals surface area contributed by atoms with Crippen LogP contribution in [0, 0.1) is 5.92 Å². The van der Waals surface area contributed by atoms with Crippen LogP contribution in [0.15, 0.2) is 42.5 Å². The second-order valence-electron chi connectivity index (χ2n) is 9.04. The van der Waals surface area contributed by atoms with Gasteiger partial charge in [-0.15, -0.1) is 0 Å². The van der Waals surface area contributed by atoms with Crippen molar-refractivity contribution < 1.29 is 14.3 Å². The third kappa shape index (κ3) is 5.83. The molecule has 1 amide bonds. The van der Waals surface area contributed by atoms with E-state index in [2.05, 4.69) is 17.6 Å². The predicted octanol–water partition coefficient (Wildman–Crippen LogP) is 5.74. The average Bonchev–Trinajstić information content (AvgIpc) is 2.78. The summed E-state index contributed by atoms with van der Waals surface area (Å²) >= 11 is 0. The molecule has 1 heterocycles. The number of benzene rings is 2. The van der Waals surface area contributed by atoms with Gasteiger partial charge in [0.25, 0.3) is 0 Å². The van der Waals surface area contributed by atoms with Crippen molar-refractivity contribution in [3.05, 3.63) is 53.6 Å². The van der Waals surface area contributed by atoms with E-state index in [0.29, 0.717) is 12.5 Å². The summed E-state index contributed by atoms with van der Waals surface area (Å²) in [5, 5.41) is 6.36. The summed E-state index contributed by atoms with van der Waals surface area (Å²) < 4.78 is 12.4. The highest BCUT2D eigenvalue weighted by molar-refractivity contribution is 5.79. The molecule has 0 radical (unpaired) electrons. The lowest BCUT2D eigenvalue weighted by atomic mass is 9.92. The van der Waals surface area contributed by atoms with E-state index in [-0.39, 0.29) is 11.9 Å². The SMILES string of the molecule is CCCNCC(=O)NC1c2ccccc2Oc2cc(OCC3CCCCCCC3)ccc21. The zero-order valence-electron chi connectivity index (χ0n) is 19.2. The molecule has 1 atom stereocenters. The summed E-state index contributed by atoms with van der Waals surface area (Å²) in [4.78, 5) is 12.6. The minimum absolute atomic E-state index is 0.0179. The number of fused-ring (bicyclic) bond motifs is 2. The Hall–Kier alpha value is -2.53. The van der Waals surface area contributed by atoms with Crippen molar-refractivity contribution in [3.63, 3.8) is 0 Å². The van der Waals surface area contributed by atoms with E-state index in [1.165, 1.54) is 44.9 Å². The second kappa shape index (κ2) is 11.4. The number of hydrogen-bond donors (Lipinski definition) is 2. The highest BCUT2D eigenvalue weighted by Gasteiger charge is 2.28. The predicted molar refractivity (Wildman–Crippen MR) is 127 cm³/mol. The first-order valence-corrected chi connectivity index (χ1v) is 12.3. The molecule has 1 aliphatic carbocycles. The van der Waals surface area contributed by atoms with Gasteiger partial charge in [-0.1, -0.05) is 57.2 Å². The van der Waals surface area contributed by atoms with Crippen LogP contribution in [0.5, 0.6) is 17.2 Å². The number of nitrogens with one attached hydrogen (secondary N) is 2. The van der Waals surface area contributed by atoms with E-state index < -0.39 is 0 Å². The molecule has 1 saturated carbocycles. The number of hydrogen-bond acceptors (Lipinski definition) is 4. The molecule has 5 nitrogen and oxygen atoms in total. The molecular weight excluding hydrogens is 400 g/mol. The topological polar surface area (TPSA) is 59.6 Å². The van der Waals surface area contributed by atoms with Gasteiger partial charge in [-0.3, -0.25) is 4.79 Å². The fourth-order valence-electron chi connectivity index (χ4n) is 4.70. The van der Waals surface area contributed by atoms with Crippen molar-refractivity contribution in [1.82, 2.24) is 10.6 Å². The van der Waals surface area contributed by atoms with Crippen LogP contribution in [0.1, 0.15) is 75.5 Å². The molecule has 0 spiro atoms. The fraction of sp³-hybridized carbons (Fsp3) is 0.519. The third-order valence-corrected chi connectivity index (χ3v) is 6.47. The Morgan fingerprint density at radius 2 is 1.75 bits per heavy atom. The molecule has 5 heteroatoms. The Balaban J connectivity index is 1.47. The minimum Gasteiger partial charge on any atom is -0.493 e. The van der Waals surface area contributed by atoms with Gasteiger partial charge >= 0.3 is 0 Å². The van der Waals surface area contributed by atoms with E-state index in [0.717, 1.165) is 47.9 Å². The van der Waals surface area contributed by atoms with Crippen LogP contribution in [0.4, 0.5) is 0 Å². The summed E-state index contributed by atoms with van der Waals surface area (Å²) in [5.74, 6) is 2.99. The minimum atomic E-state index is -0.231. The normalized spacial score (nSPS) is 18.5. The van der Waals surface area contributed by atoms with Gasteiger partial charge in [0.05, 0.1) is 19.2 Å². The Kier molecular flexibility index (Phi) is 8.05. The first kappa shape index (κ1) is 22.7. The first-order chi connectivity index (χ1) is 15.7. The number of carbonyl (C=O) groups excluding carboxylic acids is 1. The number of carbonyl (C=O) groups is 1. The fourth-order valence-corrected chi connectivity index (χ4v) is 4.70. The molecule has 0 aromatic heterocycles. The van der Waals surface area contributed by atoms with E-state index in [9.17, 15) is 4.79 Å². The molecule has 1 aliphatic heterocycles. The number of para-hydroxylation sites is 1. The lowest BCUT2D eigenvalue weighted by Crippen LogP contribution is -2.37. The van der Waals surface area contributed by atoms with Crippen LogP contribution in [-0.2, 0) is 4.79 Å². The monoisotopic (exact) mass is 436 g/mol. The summed E-state index contributed by atoms with van der Waals surface area (Å²) in [5.41, 5.74) is 1.94. The van der Waals surface area contributed by atoms with Crippen LogP contribution in [0.2, 0.25) is 0 Å². The Morgan fingerprint density at radius 3 is 2.56 bits per heavy atom. The van der Waals surface area contributed by atoms with Crippen LogP contribution in [-0.4, -0.2) is 25.6 Å². The van der Waals surface area contributed by atoms with Gasteiger partial charge in [0.2, 0.25) is 5.91 Å². The average molecular weight is 437 g/mol. The van der Waals surface area contributed by atoms with Crippen molar-refractivity contribution >= 4 is 5.91 Å². The molecular formula is C27H36N2O3. The van der Waals surface area contributed by atoms with Gasteiger partial charge in [-0.05, 0) is 49.9 Å². The molecule has 1 fully saturated rings. The van der Waals surface area contributed by atoms with Crippen molar-refractivity contribution in [1.29, 1.82) is 0 Å². The van der Waals surface area contributed by atoms with Crippen molar-refractivity contribution in [2.75, 3.05) is 19.7 Å². The van der Waals surface area contributed by atoms with Crippen LogP contribution in [0.3, 0.4) is 0 Å². The molecule has 2 aliphatic rings. The van der Waals surface area contributed by atoms with Crippen LogP contribution in [0.25, 0.3) is 0 Å². The Labute approximate surface area is 191 Å². The summed E-state index contributed by atoms with van der Waals surface area (Å²) in [6, 6.07) is 13.7. The molecule has 2 aromatic rings. The Bertz CT molecular complexity index is 890. The largest absolute Gasteiger partial charge is 0.493 e. The lowest BCUT2D eigenvalue weighted by molar-refractivity contribution is -0.120. The van der Waals surface area contributed by atoms with Gasteiger partial charge in [-0.25, -0.2) is 0 Å². The van der Waals surface area contributed by atoms with Gasteiger partial charge in [-0.2, -0.15) is 0 Å². The molecule has 0 saturated heterocycles. The molecule has 32 heavy (non-hydrogen) atoms. The molecule has 1 unspecified atom stereocenters. The summed E-state index contributed by atoms with van der Waals surface area (Å²) in [6.45, 7) is 3.99. The Morgan fingerprint density at radius 1 is 1.00 bits per heavy atom. The quantitative estimate of drug-likeness (QED) is 0.518. The van der Waals surface area contributed by atoms with Gasteiger partial charge < -0.3 is 20.1 Å². The van der Waals surface area contributed by atoms with E-state index >= 15 is 0 Å². The first-order valence-electron chi connectivity index (χ1n) is 12.3. The summed E-state index contributed by atoms with van der Waals surface area (Å²) in [6.07, 6.45) is 10.2. The second-order valence-corrected chi connectivity index (χ2v) is 9.04. The molecule has 4 rings (SSSR count). The molecule has 2 N–H and O–H groups in total. The maximum atomic E-state index is 12.6.